The lowest BCUT2D eigenvalue weighted by Crippen LogP contribution is -2.95. The van der Waals surface area contributed by atoms with Crippen molar-refractivity contribution in [2.24, 2.45) is 5.92 Å². The van der Waals surface area contributed by atoms with Crippen molar-refractivity contribution < 1.29 is 29.9 Å². The zero-order valence-electron chi connectivity index (χ0n) is 13.9. The number of amides is 1. The van der Waals surface area contributed by atoms with Gasteiger partial charge in [0.15, 0.2) is 6.04 Å². The van der Waals surface area contributed by atoms with Gasteiger partial charge >= 0.3 is 0 Å². The van der Waals surface area contributed by atoms with E-state index >= 15 is 0 Å². The molecule has 24 heavy (non-hydrogen) atoms. The highest BCUT2D eigenvalue weighted by molar-refractivity contribution is 5.85. The first-order chi connectivity index (χ1) is 11.3. The molecule has 0 heterocycles. The molecule has 1 aromatic rings. The summed E-state index contributed by atoms with van der Waals surface area (Å²) in [6.45, 7) is 3.29. The van der Waals surface area contributed by atoms with E-state index in [2.05, 4.69) is 5.32 Å². The lowest BCUT2D eigenvalue weighted by molar-refractivity contribution is -0.671. The summed E-state index contributed by atoms with van der Waals surface area (Å²) in [5, 5.41) is 25.6. The Bertz CT molecular complexity index is 559. The number of nitrogens with one attached hydrogen (secondary N) is 1. The minimum atomic E-state index is -1.35. The summed E-state index contributed by atoms with van der Waals surface area (Å²) in [4.78, 5) is 34.3. The third kappa shape index (κ3) is 7.23. The number of carboxylic acids is 2. The molecule has 132 valence electrons. The molecule has 2 atom stereocenters. The maximum atomic E-state index is 12.4. The number of quaternary nitrogens is 1. The van der Waals surface area contributed by atoms with Gasteiger partial charge in [-0.25, -0.2) is 0 Å². The Hall–Kier alpha value is -2.41. The van der Waals surface area contributed by atoms with Gasteiger partial charge in [0.2, 0.25) is 0 Å². The summed E-state index contributed by atoms with van der Waals surface area (Å²) in [6, 6.07) is 7.22. The van der Waals surface area contributed by atoms with Crippen LogP contribution < -0.4 is 20.8 Å². The molecular formula is C17H23N2O5-. The molecule has 0 aliphatic carbocycles. The lowest BCUT2D eigenvalue weighted by atomic mass is 10.0. The van der Waals surface area contributed by atoms with E-state index in [1.165, 1.54) is 5.32 Å². The van der Waals surface area contributed by atoms with Gasteiger partial charge in [-0.2, -0.15) is 0 Å². The van der Waals surface area contributed by atoms with Crippen LogP contribution in [-0.2, 0) is 20.8 Å². The predicted octanol–water partition coefficient (Wildman–Crippen LogP) is -2.81. The van der Waals surface area contributed by atoms with Gasteiger partial charge in [0, 0.05) is 6.42 Å². The second-order valence-electron chi connectivity index (χ2n) is 6.12. The Labute approximate surface area is 141 Å². The number of hydrogen-bond donors (Lipinski definition) is 2. The van der Waals surface area contributed by atoms with Crippen LogP contribution in [0.5, 0.6) is 0 Å². The first kappa shape index (κ1) is 19.6. The fraction of sp³-hybridized carbons (Fsp3) is 0.471. The first-order valence-corrected chi connectivity index (χ1v) is 7.88. The fourth-order valence-corrected chi connectivity index (χ4v) is 2.35. The van der Waals surface area contributed by atoms with Crippen LogP contribution in [0.25, 0.3) is 0 Å². The van der Waals surface area contributed by atoms with E-state index in [1.807, 2.05) is 44.2 Å². The van der Waals surface area contributed by atoms with Gasteiger partial charge < -0.3 is 30.4 Å². The van der Waals surface area contributed by atoms with Crippen molar-refractivity contribution >= 4 is 17.8 Å². The molecule has 0 fully saturated rings. The second-order valence-corrected chi connectivity index (χ2v) is 6.12. The normalized spacial score (nSPS) is 13.3. The summed E-state index contributed by atoms with van der Waals surface area (Å²) in [5.74, 6) is -3.11. The number of carbonyl (C=O) groups is 3. The number of carbonyl (C=O) groups excluding carboxylic acids is 3. The quantitative estimate of drug-likeness (QED) is 0.477. The molecule has 0 saturated carbocycles. The van der Waals surface area contributed by atoms with Crippen LogP contribution in [0.4, 0.5) is 0 Å². The van der Waals surface area contributed by atoms with E-state index in [1.54, 1.807) is 0 Å². The highest BCUT2D eigenvalue weighted by Gasteiger charge is 2.25. The number of hydrogen-bond acceptors (Lipinski definition) is 5. The molecule has 0 spiro atoms. The molecule has 1 aromatic carbocycles. The highest BCUT2D eigenvalue weighted by Crippen LogP contribution is 2.06. The summed E-state index contributed by atoms with van der Waals surface area (Å²) in [7, 11) is 0. The third-order valence-electron chi connectivity index (χ3n) is 3.51. The average Bonchev–Trinajstić information content (AvgIpc) is 2.50. The van der Waals surface area contributed by atoms with Crippen LogP contribution in [0, 0.1) is 5.92 Å². The number of benzene rings is 1. The molecule has 0 unspecified atom stereocenters. The van der Waals surface area contributed by atoms with E-state index < -0.39 is 29.9 Å². The summed E-state index contributed by atoms with van der Waals surface area (Å²) >= 11 is 0. The van der Waals surface area contributed by atoms with Crippen molar-refractivity contribution in [1.29, 1.82) is 0 Å². The summed E-state index contributed by atoms with van der Waals surface area (Å²) in [5.41, 5.74) is 0.848. The summed E-state index contributed by atoms with van der Waals surface area (Å²) < 4.78 is 0. The minimum absolute atomic E-state index is 0.0629. The van der Waals surface area contributed by atoms with Crippen molar-refractivity contribution in [1.82, 2.24) is 5.32 Å². The topological polar surface area (TPSA) is 126 Å². The van der Waals surface area contributed by atoms with E-state index in [4.69, 9.17) is 0 Å². The van der Waals surface area contributed by atoms with Crippen LogP contribution in [0.15, 0.2) is 30.3 Å². The van der Waals surface area contributed by atoms with Crippen molar-refractivity contribution in [3.63, 3.8) is 0 Å². The summed E-state index contributed by atoms with van der Waals surface area (Å²) in [6.07, 6.45) is 0.522. The van der Waals surface area contributed by atoms with Crippen LogP contribution >= 0.6 is 0 Å². The molecule has 0 saturated heterocycles. The zero-order chi connectivity index (χ0) is 18.1. The van der Waals surface area contributed by atoms with Gasteiger partial charge in [0.1, 0.15) is 6.54 Å². The molecule has 0 aliphatic rings. The van der Waals surface area contributed by atoms with Crippen molar-refractivity contribution in [2.45, 2.75) is 38.8 Å². The molecule has 3 N–H and O–H groups in total. The van der Waals surface area contributed by atoms with Crippen molar-refractivity contribution in [2.75, 3.05) is 6.54 Å². The van der Waals surface area contributed by atoms with Crippen LogP contribution in [0.1, 0.15) is 25.8 Å². The van der Waals surface area contributed by atoms with Crippen LogP contribution in [0.2, 0.25) is 0 Å². The van der Waals surface area contributed by atoms with E-state index in [-0.39, 0.29) is 25.3 Å². The van der Waals surface area contributed by atoms with Gasteiger partial charge in [-0.1, -0.05) is 44.2 Å². The Morgan fingerprint density at radius 2 is 1.75 bits per heavy atom. The van der Waals surface area contributed by atoms with Gasteiger partial charge in [0.05, 0.1) is 18.0 Å². The zero-order valence-corrected chi connectivity index (χ0v) is 13.9. The standard InChI is InChI=1S/C17H24N2O5/c1-11(2)8-14(17(23)24)19-16(22)13(18-10-15(20)21)9-12-6-4-3-5-7-12/h3-7,11,13-14,18H,8-10H2,1-2H3,(H,19,22)(H,20,21)(H,23,24)/p-1/t13-,14-/m0/s1. The van der Waals surface area contributed by atoms with Crippen LogP contribution in [-0.4, -0.2) is 36.5 Å². The van der Waals surface area contributed by atoms with Gasteiger partial charge in [-0.05, 0) is 17.9 Å². The molecule has 1 amide bonds. The Balaban J connectivity index is 2.81. The largest absolute Gasteiger partial charge is 0.548 e. The monoisotopic (exact) mass is 335 g/mol. The average molecular weight is 335 g/mol. The highest BCUT2D eigenvalue weighted by atomic mass is 16.4. The predicted molar refractivity (Wildman–Crippen MR) is 82.1 cm³/mol. The molecule has 0 aliphatic heterocycles. The Morgan fingerprint density at radius 3 is 2.25 bits per heavy atom. The lowest BCUT2D eigenvalue weighted by Gasteiger charge is -2.24. The van der Waals surface area contributed by atoms with E-state index in [9.17, 15) is 24.6 Å². The van der Waals surface area contributed by atoms with E-state index in [0.717, 1.165) is 5.56 Å². The first-order valence-electron chi connectivity index (χ1n) is 7.88. The maximum absolute atomic E-state index is 12.4. The third-order valence-corrected chi connectivity index (χ3v) is 3.51. The number of nitrogens with two attached hydrogens (primary N) is 1. The maximum Gasteiger partial charge on any atom is 0.279 e. The van der Waals surface area contributed by atoms with Gasteiger partial charge in [0.25, 0.3) is 5.91 Å². The van der Waals surface area contributed by atoms with Gasteiger partial charge in [-0.3, -0.25) is 4.79 Å². The Morgan fingerprint density at radius 1 is 1.12 bits per heavy atom. The fourth-order valence-electron chi connectivity index (χ4n) is 2.35. The smallest absolute Gasteiger partial charge is 0.279 e. The Kier molecular flexibility index (Phi) is 7.91. The van der Waals surface area contributed by atoms with Crippen molar-refractivity contribution in [3.05, 3.63) is 35.9 Å². The van der Waals surface area contributed by atoms with Gasteiger partial charge in [-0.15, -0.1) is 0 Å². The molecule has 0 bridgehead atoms. The van der Waals surface area contributed by atoms with E-state index in [0.29, 0.717) is 0 Å². The molecule has 7 heteroatoms. The van der Waals surface area contributed by atoms with Crippen LogP contribution in [0.3, 0.4) is 0 Å². The molecule has 7 nitrogen and oxygen atoms in total. The molecule has 0 radical (unpaired) electrons. The van der Waals surface area contributed by atoms with Crippen molar-refractivity contribution in [3.8, 4) is 0 Å². The molecule has 0 aromatic heterocycles. The number of carboxylic acid groups (broad SMARTS) is 2. The number of aliphatic carboxylic acids is 2. The number of rotatable bonds is 10. The minimum Gasteiger partial charge on any atom is -0.548 e. The second kappa shape index (κ2) is 9.67. The SMILES string of the molecule is CC(C)C[C@H](NC(=O)[C@H](Cc1ccccc1)[NH2+]CC(=O)[O-])C(=O)[O-]. The molecule has 1 rings (SSSR count). The molecular weight excluding hydrogens is 312 g/mol.